The molecule has 1 radical (unpaired) electrons. The van der Waals surface area contributed by atoms with Crippen LogP contribution in [0.5, 0.6) is 0 Å². The molecular weight excluding hydrogens is 296 g/mol. The van der Waals surface area contributed by atoms with Gasteiger partial charge in [0.05, 0.1) is 0 Å². The number of rotatable bonds is 19. The number of aliphatic hydroxyl groups excluding tert-OH is 2. The number of hydrogen-bond acceptors (Lipinski definition) is 2. The molecule has 0 aliphatic rings. The molecule has 0 bridgehead atoms. The van der Waals surface area contributed by atoms with Gasteiger partial charge in [0.15, 0.2) is 0 Å². The van der Waals surface area contributed by atoms with Crippen molar-refractivity contribution < 1.29 is 10.2 Å². The molecule has 0 saturated heterocycles. The Labute approximate surface area is 151 Å². The molecule has 0 spiro atoms. The summed E-state index contributed by atoms with van der Waals surface area (Å²) in [5.74, 6) is 1.33. The Morgan fingerprint density at radius 2 is 1.04 bits per heavy atom. The molecule has 0 aromatic carbocycles. The quantitative estimate of drug-likeness (QED) is 0.212. The van der Waals surface area contributed by atoms with Crippen molar-refractivity contribution >= 4 is 0 Å². The topological polar surface area (TPSA) is 40.5 Å². The third kappa shape index (κ3) is 18.0. The summed E-state index contributed by atoms with van der Waals surface area (Å²) < 4.78 is 0. The average molecular weight is 340 g/mol. The van der Waals surface area contributed by atoms with Crippen molar-refractivity contribution in [2.45, 2.75) is 110 Å². The van der Waals surface area contributed by atoms with Crippen molar-refractivity contribution in [2.24, 2.45) is 0 Å². The molecule has 0 aliphatic carbocycles. The Balaban J connectivity index is 3.25. The first-order chi connectivity index (χ1) is 11.8. The zero-order chi connectivity index (χ0) is 17.7. The highest BCUT2D eigenvalue weighted by Gasteiger charge is 2.07. The Hall–Kier alpha value is -0.340. The molecule has 2 heteroatoms. The molecule has 2 N–H and O–H groups in total. The molecule has 0 saturated carbocycles. The zero-order valence-corrected chi connectivity index (χ0v) is 16.3. The van der Waals surface area contributed by atoms with Crippen LogP contribution in [0.4, 0.5) is 0 Å². The third-order valence-corrected chi connectivity index (χ3v) is 4.72. The lowest BCUT2D eigenvalue weighted by Gasteiger charge is -2.13. The van der Waals surface area contributed by atoms with E-state index in [1.807, 2.05) is 0 Å². The van der Waals surface area contributed by atoms with Gasteiger partial charge >= 0.3 is 0 Å². The number of aliphatic hydroxyl groups is 2. The van der Waals surface area contributed by atoms with Crippen molar-refractivity contribution in [3.05, 3.63) is 18.1 Å². The summed E-state index contributed by atoms with van der Waals surface area (Å²) >= 11 is 0. The first-order valence-electron chi connectivity index (χ1n) is 10.6. The molecule has 0 atom stereocenters. The van der Waals surface area contributed by atoms with Gasteiger partial charge in [-0.3, -0.25) is 0 Å². The summed E-state index contributed by atoms with van der Waals surface area (Å²) in [6, 6.07) is 0. The molecule has 2 nitrogen and oxygen atoms in total. The van der Waals surface area contributed by atoms with Gasteiger partial charge in [-0.05, 0) is 50.9 Å². The first-order valence-corrected chi connectivity index (χ1v) is 10.6. The number of hydrogen-bond donors (Lipinski definition) is 2. The molecule has 24 heavy (non-hydrogen) atoms. The molecule has 0 unspecified atom stereocenters. The van der Waals surface area contributed by atoms with Crippen molar-refractivity contribution in [3.63, 3.8) is 0 Å². The lowest BCUT2D eigenvalue weighted by molar-refractivity contribution is 0.262. The van der Waals surface area contributed by atoms with Gasteiger partial charge in [0, 0.05) is 13.2 Å². The van der Waals surface area contributed by atoms with Gasteiger partial charge in [0.2, 0.25) is 0 Å². The number of unbranched alkanes of at least 4 members (excludes halogenated alkanes) is 11. The smallest absolute Gasteiger partial charge is 0.0436 e. The average Bonchev–Trinajstić information content (AvgIpc) is 2.58. The summed E-state index contributed by atoms with van der Waals surface area (Å²) in [6.45, 7) is 2.72. The van der Waals surface area contributed by atoms with E-state index in [9.17, 15) is 0 Å². The maximum Gasteiger partial charge on any atom is 0.0436 e. The predicted molar refractivity (Wildman–Crippen MR) is 106 cm³/mol. The van der Waals surface area contributed by atoms with Gasteiger partial charge in [0.1, 0.15) is 0 Å². The first kappa shape index (κ1) is 23.7. The fourth-order valence-electron chi connectivity index (χ4n) is 3.14. The third-order valence-electron chi connectivity index (χ3n) is 4.72. The molecular formula is C22H43O2. The summed E-state index contributed by atoms with van der Waals surface area (Å²) in [4.78, 5) is 0. The summed E-state index contributed by atoms with van der Waals surface area (Å²) in [5, 5.41) is 18.0. The summed E-state index contributed by atoms with van der Waals surface area (Å²) in [7, 11) is 0. The van der Waals surface area contributed by atoms with E-state index in [4.69, 9.17) is 10.2 Å². The SMILES string of the molecule is CCCCCCCC/C=C\CCCCCCC[C](CCO)CCO. The van der Waals surface area contributed by atoms with Gasteiger partial charge in [-0.25, -0.2) is 0 Å². The minimum Gasteiger partial charge on any atom is -0.396 e. The largest absolute Gasteiger partial charge is 0.396 e. The minimum absolute atomic E-state index is 0.223. The van der Waals surface area contributed by atoms with Crippen molar-refractivity contribution in [2.75, 3.05) is 13.2 Å². The van der Waals surface area contributed by atoms with E-state index in [-0.39, 0.29) is 13.2 Å². The van der Waals surface area contributed by atoms with Gasteiger partial charge < -0.3 is 10.2 Å². The van der Waals surface area contributed by atoms with Crippen LogP contribution in [0.2, 0.25) is 0 Å². The molecule has 0 aromatic rings. The van der Waals surface area contributed by atoms with Crippen LogP contribution in [-0.4, -0.2) is 23.4 Å². The highest BCUT2D eigenvalue weighted by atomic mass is 16.3. The van der Waals surface area contributed by atoms with Gasteiger partial charge in [-0.2, -0.15) is 0 Å². The predicted octanol–water partition coefficient (Wildman–Crippen LogP) is 6.36. The monoisotopic (exact) mass is 339 g/mol. The standard InChI is InChI=1S/C22H43O2/c1-2-3-4-5-6-7-8-9-10-11-12-13-14-15-16-17-22(18-20-23)19-21-24/h9-10,23-24H,2-8,11-21H2,1H3/b10-9-. The van der Waals surface area contributed by atoms with Crippen LogP contribution < -0.4 is 0 Å². The van der Waals surface area contributed by atoms with Crippen LogP contribution in [-0.2, 0) is 0 Å². The highest BCUT2D eigenvalue weighted by molar-refractivity contribution is 4.88. The van der Waals surface area contributed by atoms with Gasteiger partial charge in [-0.1, -0.05) is 76.9 Å². The summed E-state index contributed by atoms with van der Waals surface area (Å²) in [5.41, 5.74) is 0. The fraction of sp³-hybridized carbons (Fsp3) is 0.864. The maximum absolute atomic E-state index is 8.98. The Bertz CT molecular complexity index is 244. The lowest BCUT2D eigenvalue weighted by atomic mass is 9.95. The lowest BCUT2D eigenvalue weighted by Crippen LogP contribution is -2.03. The Kier molecular flexibility index (Phi) is 20.4. The molecule has 0 fully saturated rings. The van der Waals surface area contributed by atoms with Crippen LogP contribution in [0.15, 0.2) is 12.2 Å². The van der Waals surface area contributed by atoms with Crippen LogP contribution >= 0.6 is 0 Å². The maximum atomic E-state index is 8.98. The van der Waals surface area contributed by atoms with Gasteiger partial charge in [0.25, 0.3) is 0 Å². The van der Waals surface area contributed by atoms with E-state index >= 15 is 0 Å². The van der Waals surface area contributed by atoms with Crippen LogP contribution in [0.3, 0.4) is 0 Å². The fourth-order valence-corrected chi connectivity index (χ4v) is 3.14. The molecule has 0 amide bonds. The second kappa shape index (κ2) is 20.7. The van der Waals surface area contributed by atoms with E-state index in [0.717, 1.165) is 19.3 Å². The van der Waals surface area contributed by atoms with Crippen molar-refractivity contribution in [1.82, 2.24) is 0 Å². The summed E-state index contributed by atoms with van der Waals surface area (Å²) in [6.07, 6.45) is 24.7. The van der Waals surface area contributed by atoms with Crippen LogP contribution in [0.25, 0.3) is 0 Å². The van der Waals surface area contributed by atoms with Crippen LogP contribution in [0, 0.1) is 5.92 Å². The zero-order valence-electron chi connectivity index (χ0n) is 16.3. The van der Waals surface area contributed by atoms with Crippen LogP contribution in [0.1, 0.15) is 110 Å². The molecule has 0 aliphatic heterocycles. The second-order valence-electron chi connectivity index (χ2n) is 7.03. The van der Waals surface area contributed by atoms with E-state index in [1.54, 1.807) is 0 Å². The van der Waals surface area contributed by atoms with E-state index in [2.05, 4.69) is 19.1 Å². The Morgan fingerprint density at radius 3 is 1.54 bits per heavy atom. The van der Waals surface area contributed by atoms with E-state index in [0.29, 0.717) is 0 Å². The highest BCUT2D eigenvalue weighted by Crippen LogP contribution is 2.20. The molecule has 0 aromatic heterocycles. The molecule has 0 heterocycles. The van der Waals surface area contributed by atoms with Crippen molar-refractivity contribution in [1.29, 1.82) is 0 Å². The molecule has 143 valence electrons. The second-order valence-corrected chi connectivity index (χ2v) is 7.03. The van der Waals surface area contributed by atoms with Crippen molar-refractivity contribution in [3.8, 4) is 0 Å². The van der Waals surface area contributed by atoms with E-state index in [1.165, 1.54) is 89.4 Å². The molecule has 0 rings (SSSR count). The number of allylic oxidation sites excluding steroid dienone is 2. The van der Waals surface area contributed by atoms with Gasteiger partial charge in [-0.15, -0.1) is 0 Å². The normalized spacial score (nSPS) is 11.8. The Morgan fingerprint density at radius 1 is 0.583 bits per heavy atom. The minimum atomic E-state index is 0.223. The van der Waals surface area contributed by atoms with E-state index < -0.39 is 0 Å².